The topological polar surface area (TPSA) is 52.9 Å². The standard InChI is InChI=1S/C38H80NO3P/c1-3-5-7-9-11-13-19-23-27-31-35-39(36-32-28-24-20-14-12-10-8-6-4-2)37-33-29-25-21-17-15-16-18-22-26-30-34-38-42-43(40)41/h40-41H,3-38H2,1-2H3. The lowest BCUT2D eigenvalue weighted by atomic mass is 10.0. The molecule has 0 rings (SSSR count). The van der Waals surface area contributed by atoms with Gasteiger partial charge in [-0.2, -0.15) is 0 Å². The van der Waals surface area contributed by atoms with Crippen LogP contribution in [0.5, 0.6) is 0 Å². The van der Waals surface area contributed by atoms with Crippen LogP contribution >= 0.6 is 8.60 Å². The van der Waals surface area contributed by atoms with Crippen LogP contribution in [0.1, 0.15) is 219 Å². The molecule has 43 heavy (non-hydrogen) atoms. The van der Waals surface area contributed by atoms with Gasteiger partial charge in [0.05, 0.1) is 6.61 Å². The van der Waals surface area contributed by atoms with Crippen LogP contribution in [0.2, 0.25) is 0 Å². The molecule has 0 heterocycles. The van der Waals surface area contributed by atoms with Gasteiger partial charge in [-0.3, -0.25) is 0 Å². The highest BCUT2D eigenvalue weighted by molar-refractivity contribution is 7.39. The highest BCUT2D eigenvalue weighted by Crippen LogP contribution is 2.24. The molecule has 0 aliphatic carbocycles. The van der Waals surface area contributed by atoms with Crippen molar-refractivity contribution < 1.29 is 14.3 Å². The van der Waals surface area contributed by atoms with E-state index in [0.29, 0.717) is 6.61 Å². The highest BCUT2D eigenvalue weighted by Gasteiger charge is 2.05. The average molecular weight is 630 g/mol. The van der Waals surface area contributed by atoms with E-state index in [1.54, 1.807) is 0 Å². The lowest BCUT2D eigenvalue weighted by Crippen LogP contribution is -2.27. The molecule has 0 aliphatic rings. The minimum absolute atomic E-state index is 0.481. The molecule has 0 fully saturated rings. The summed E-state index contributed by atoms with van der Waals surface area (Å²) in [6.07, 6.45) is 44.5. The van der Waals surface area contributed by atoms with E-state index in [2.05, 4.69) is 18.7 Å². The number of rotatable bonds is 38. The molecule has 0 spiro atoms. The molecular weight excluding hydrogens is 549 g/mol. The summed E-state index contributed by atoms with van der Waals surface area (Å²) in [7, 11) is -2.16. The van der Waals surface area contributed by atoms with Crippen LogP contribution in [0, 0.1) is 0 Å². The first-order valence-electron chi connectivity index (χ1n) is 19.7. The van der Waals surface area contributed by atoms with E-state index in [1.807, 2.05) is 0 Å². The maximum Gasteiger partial charge on any atom is 0.327 e. The Kier molecular flexibility index (Phi) is 38.7. The van der Waals surface area contributed by atoms with Crippen molar-refractivity contribution in [1.82, 2.24) is 4.90 Å². The Bertz CT molecular complexity index is 470. The Balaban J connectivity index is 3.85. The highest BCUT2D eigenvalue weighted by atomic mass is 31.2. The SMILES string of the molecule is CCCCCCCCCCCCN(CCCCCCCCCCCC)CCCCCCCCCCCCCCOP(O)O. The minimum Gasteiger partial charge on any atom is -0.328 e. The van der Waals surface area contributed by atoms with Gasteiger partial charge >= 0.3 is 8.60 Å². The minimum atomic E-state index is -2.16. The van der Waals surface area contributed by atoms with Gasteiger partial charge in [0.25, 0.3) is 0 Å². The molecule has 0 saturated carbocycles. The molecule has 4 nitrogen and oxygen atoms in total. The first kappa shape index (κ1) is 43.3. The Morgan fingerprint density at radius 3 is 0.837 bits per heavy atom. The lowest BCUT2D eigenvalue weighted by molar-refractivity contribution is 0.248. The second-order valence-corrected chi connectivity index (χ2v) is 14.3. The van der Waals surface area contributed by atoms with Crippen LogP contribution in [0.3, 0.4) is 0 Å². The zero-order valence-corrected chi connectivity index (χ0v) is 30.5. The van der Waals surface area contributed by atoms with Crippen molar-refractivity contribution in [2.45, 2.75) is 219 Å². The maximum absolute atomic E-state index is 8.73. The van der Waals surface area contributed by atoms with Crippen molar-refractivity contribution in [2.24, 2.45) is 0 Å². The third-order valence-electron chi connectivity index (χ3n) is 9.23. The molecule has 0 aromatic carbocycles. The van der Waals surface area contributed by atoms with E-state index in [9.17, 15) is 0 Å². The van der Waals surface area contributed by atoms with E-state index in [0.717, 1.165) is 12.8 Å². The summed E-state index contributed by atoms with van der Waals surface area (Å²) in [4.78, 5) is 20.3. The molecule has 260 valence electrons. The fourth-order valence-electron chi connectivity index (χ4n) is 6.33. The van der Waals surface area contributed by atoms with Crippen molar-refractivity contribution in [2.75, 3.05) is 26.2 Å². The number of hydrogen-bond acceptors (Lipinski definition) is 4. The first-order chi connectivity index (χ1) is 21.2. The third kappa shape index (κ3) is 38.4. The molecule has 0 aromatic rings. The monoisotopic (exact) mass is 630 g/mol. The predicted octanol–water partition coefficient (Wildman–Crippen LogP) is 13.0. The molecule has 2 N–H and O–H groups in total. The van der Waals surface area contributed by atoms with E-state index in [4.69, 9.17) is 14.3 Å². The summed E-state index contributed by atoms with van der Waals surface area (Å²) in [5.74, 6) is 0. The fourth-order valence-corrected chi connectivity index (χ4v) is 6.62. The van der Waals surface area contributed by atoms with Crippen LogP contribution in [0.4, 0.5) is 0 Å². The molecule has 0 saturated heterocycles. The summed E-state index contributed by atoms with van der Waals surface area (Å²) >= 11 is 0. The van der Waals surface area contributed by atoms with E-state index < -0.39 is 8.60 Å². The van der Waals surface area contributed by atoms with Crippen LogP contribution in [-0.2, 0) is 4.52 Å². The van der Waals surface area contributed by atoms with E-state index in [-0.39, 0.29) is 0 Å². The molecular formula is C38H80NO3P. The quantitative estimate of drug-likeness (QED) is 0.0527. The van der Waals surface area contributed by atoms with Crippen molar-refractivity contribution in [3.8, 4) is 0 Å². The fraction of sp³-hybridized carbons (Fsp3) is 1.00. The van der Waals surface area contributed by atoms with Crippen molar-refractivity contribution in [3.63, 3.8) is 0 Å². The van der Waals surface area contributed by atoms with Gasteiger partial charge in [-0.15, -0.1) is 0 Å². The lowest BCUT2D eigenvalue weighted by Gasteiger charge is -2.22. The predicted molar refractivity (Wildman–Crippen MR) is 193 cm³/mol. The van der Waals surface area contributed by atoms with Gasteiger partial charge in [0.15, 0.2) is 0 Å². The first-order valence-corrected chi connectivity index (χ1v) is 20.9. The summed E-state index contributed by atoms with van der Waals surface area (Å²) in [6.45, 7) is 9.11. The maximum atomic E-state index is 8.73. The van der Waals surface area contributed by atoms with E-state index in [1.165, 1.54) is 212 Å². The number of hydrogen-bond donors (Lipinski definition) is 2. The van der Waals surface area contributed by atoms with Crippen molar-refractivity contribution >= 4 is 8.60 Å². The summed E-state index contributed by atoms with van der Waals surface area (Å²) in [5.41, 5.74) is 0. The van der Waals surface area contributed by atoms with Crippen LogP contribution in [0.25, 0.3) is 0 Å². The number of unbranched alkanes of at least 4 members (excludes halogenated alkanes) is 29. The van der Waals surface area contributed by atoms with Gasteiger partial charge in [0.1, 0.15) is 0 Å². The Hall–Kier alpha value is 0.270. The smallest absolute Gasteiger partial charge is 0.327 e. The molecule has 0 aliphatic heterocycles. The van der Waals surface area contributed by atoms with Gasteiger partial charge in [-0.25, -0.2) is 0 Å². The summed E-state index contributed by atoms with van der Waals surface area (Å²) in [5, 5.41) is 0. The molecule has 0 unspecified atom stereocenters. The normalized spacial score (nSPS) is 11.9. The zero-order valence-electron chi connectivity index (χ0n) is 29.7. The molecule has 0 amide bonds. The largest absolute Gasteiger partial charge is 0.328 e. The second kappa shape index (κ2) is 38.5. The molecule has 0 aromatic heterocycles. The van der Waals surface area contributed by atoms with Gasteiger partial charge in [0, 0.05) is 0 Å². The van der Waals surface area contributed by atoms with Crippen molar-refractivity contribution in [1.29, 1.82) is 0 Å². The Morgan fingerprint density at radius 2 is 0.581 bits per heavy atom. The molecule has 0 atom stereocenters. The molecule has 0 radical (unpaired) electrons. The molecule has 0 bridgehead atoms. The van der Waals surface area contributed by atoms with Gasteiger partial charge in [-0.1, -0.05) is 194 Å². The molecule has 5 heteroatoms. The van der Waals surface area contributed by atoms with Crippen molar-refractivity contribution in [3.05, 3.63) is 0 Å². The average Bonchev–Trinajstić information content (AvgIpc) is 3.00. The van der Waals surface area contributed by atoms with Gasteiger partial charge in [0.2, 0.25) is 0 Å². The Morgan fingerprint density at radius 1 is 0.349 bits per heavy atom. The zero-order chi connectivity index (χ0) is 31.3. The summed E-state index contributed by atoms with van der Waals surface area (Å²) < 4.78 is 4.82. The van der Waals surface area contributed by atoms with Crippen LogP contribution in [-0.4, -0.2) is 40.9 Å². The second-order valence-electron chi connectivity index (χ2n) is 13.5. The number of nitrogens with zero attached hydrogens (tertiary/aromatic N) is 1. The van der Waals surface area contributed by atoms with Crippen LogP contribution in [0.15, 0.2) is 0 Å². The van der Waals surface area contributed by atoms with E-state index >= 15 is 0 Å². The van der Waals surface area contributed by atoms with Gasteiger partial charge in [-0.05, 0) is 45.3 Å². The van der Waals surface area contributed by atoms with Crippen LogP contribution < -0.4 is 0 Å². The third-order valence-corrected chi connectivity index (χ3v) is 9.64. The summed E-state index contributed by atoms with van der Waals surface area (Å²) in [6, 6.07) is 0. The van der Waals surface area contributed by atoms with Gasteiger partial charge < -0.3 is 19.2 Å². The Labute approximate surface area is 272 Å².